The highest BCUT2D eigenvalue weighted by atomic mass is 16.5. The Kier molecular flexibility index (Phi) is 10.1. The van der Waals surface area contributed by atoms with E-state index in [1.807, 2.05) is 55.5 Å². The van der Waals surface area contributed by atoms with Crippen molar-refractivity contribution >= 4 is 5.97 Å². The second-order valence-electron chi connectivity index (χ2n) is 9.28. The molecule has 37 heavy (non-hydrogen) atoms. The predicted octanol–water partition coefficient (Wildman–Crippen LogP) is 6.32. The molecule has 0 aliphatic carbocycles. The van der Waals surface area contributed by atoms with Crippen LogP contribution in [0.5, 0.6) is 0 Å². The van der Waals surface area contributed by atoms with Gasteiger partial charge >= 0.3 is 5.97 Å². The van der Waals surface area contributed by atoms with E-state index >= 15 is 0 Å². The average Bonchev–Trinajstić information content (AvgIpc) is 2.94. The second kappa shape index (κ2) is 14.1. The Balaban J connectivity index is 1.65. The molecule has 4 aromatic carbocycles. The van der Waals surface area contributed by atoms with E-state index in [0.717, 1.165) is 13.1 Å². The first kappa shape index (κ1) is 26.3. The lowest BCUT2D eigenvalue weighted by atomic mass is 10.1. The number of benzene rings is 4. The molecule has 4 nitrogen and oxygen atoms in total. The van der Waals surface area contributed by atoms with Crippen LogP contribution in [0.3, 0.4) is 0 Å². The third-order valence-corrected chi connectivity index (χ3v) is 6.39. The molecule has 0 spiro atoms. The minimum atomic E-state index is -0.423. The maximum atomic E-state index is 13.5. The lowest BCUT2D eigenvalue weighted by Crippen LogP contribution is -2.48. The van der Waals surface area contributed by atoms with Crippen LogP contribution in [0.1, 0.15) is 29.2 Å². The van der Waals surface area contributed by atoms with Gasteiger partial charge in [-0.15, -0.1) is 0 Å². The van der Waals surface area contributed by atoms with E-state index in [1.54, 1.807) is 0 Å². The van der Waals surface area contributed by atoms with Crippen LogP contribution in [0, 0.1) is 0 Å². The molecule has 0 aromatic heterocycles. The molecule has 1 unspecified atom stereocenters. The van der Waals surface area contributed by atoms with Crippen molar-refractivity contribution in [2.24, 2.45) is 0 Å². The van der Waals surface area contributed by atoms with Crippen LogP contribution in [0.2, 0.25) is 0 Å². The van der Waals surface area contributed by atoms with Gasteiger partial charge in [-0.3, -0.25) is 14.6 Å². The summed E-state index contributed by atoms with van der Waals surface area (Å²) in [6, 6.07) is 41.2. The van der Waals surface area contributed by atoms with E-state index in [2.05, 4.69) is 82.6 Å². The number of hydrogen-bond donors (Lipinski definition) is 0. The Bertz CT molecular complexity index is 1100. The van der Waals surface area contributed by atoms with Gasteiger partial charge < -0.3 is 4.74 Å². The number of carbonyl (C=O) groups excluding carboxylic acids is 1. The van der Waals surface area contributed by atoms with Crippen molar-refractivity contribution < 1.29 is 9.53 Å². The number of carbonyl (C=O) groups is 1. The predicted molar refractivity (Wildman–Crippen MR) is 150 cm³/mol. The molecule has 0 aliphatic heterocycles. The molecular formula is C33H36N2O2. The van der Waals surface area contributed by atoms with Gasteiger partial charge in [0.15, 0.2) is 0 Å². The van der Waals surface area contributed by atoms with Crippen molar-refractivity contribution in [3.05, 3.63) is 144 Å². The summed E-state index contributed by atoms with van der Waals surface area (Å²) < 4.78 is 5.65. The monoisotopic (exact) mass is 492 g/mol. The van der Waals surface area contributed by atoms with E-state index in [4.69, 9.17) is 4.74 Å². The second-order valence-corrected chi connectivity index (χ2v) is 9.28. The smallest absolute Gasteiger partial charge is 0.324 e. The summed E-state index contributed by atoms with van der Waals surface area (Å²) in [5.41, 5.74) is 4.79. The summed E-state index contributed by atoms with van der Waals surface area (Å²) >= 11 is 0. The Labute approximate surface area is 221 Å². The highest BCUT2D eigenvalue weighted by Crippen LogP contribution is 2.19. The van der Waals surface area contributed by atoms with Crippen LogP contribution < -0.4 is 0 Å². The van der Waals surface area contributed by atoms with Gasteiger partial charge in [-0.05, 0) is 29.2 Å². The molecule has 190 valence electrons. The Morgan fingerprint density at radius 3 is 1.30 bits per heavy atom. The number of nitrogens with zero attached hydrogens (tertiary/aromatic N) is 2. The highest BCUT2D eigenvalue weighted by molar-refractivity contribution is 5.76. The number of esters is 1. The largest absolute Gasteiger partial charge is 0.465 e. The van der Waals surface area contributed by atoms with Crippen LogP contribution in [0.25, 0.3) is 0 Å². The Morgan fingerprint density at radius 2 is 0.946 bits per heavy atom. The number of ether oxygens (including phenoxy) is 1. The standard InChI is InChI=1S/C33H36N2O2/c1-2-37-33(36)32(35(25-30-19-11-5-12-20-30)26-31-21-13-6-14-22-31)27-34(23-28-15-7-3-8-16-28)24-29-17-9-4-10-18-29/h3-22,32H,2,23-27H2,1H3. The zero-order valence-electron chi connectivity index (χ0n) is 21.6. The highest BCUT2D eigenvalue weighted by Gasteiger charge is 2.30. The third kappa shape index (κ3) is 8.42. The zero-order valence-corrected chi connectivity index (χ0v) is 21.6. The van der Waals surface area contributed by atoms with Crippen LogP contribution in [0.15, 0.2) is 121 Å². The van der Waals surface area contributed by atoms with Crippen molar-refractivity contribution in [2.75, 3.05) is 13.2 Å². The van der Waals surface area contributed by atoms with Crippen molar-refractivity contribution in [1.29, 1.82) is 0 Å². The maximum absolute atomic E-state index is 13.5. The van der Waals surface area contributed by atoms with Gasteiger partial charge in [0.1, 0.15) is 6.04 Å². The molecule has 0 aliphatic rings. The number of rotatable bonds is 13. The molecule has 4 aromatic rings. The van der Waals surface area contributed by atoms with E-state index in [1.165, 1.54) is 22.3 Å². The third-order valence-electron chi connectivity index (χ3n) is 6.39. The van der Waals surface area contributed by atoms with Gasteiger partial charge in [0.25, 0.3) is 0 Å². The first-order valence-electron chi connectivity index (χ1n) is 13.0. The van der Waals surface area contributed by atoms with Crippen LogP contribution in [-0.2, 0) is 35.7 Å². The van der Waals surface area contributed by atoms with Crippen LogP contribution in [0.4, 0.5) is 0 Å². The maximum Gasteiger partial charge on any atom is 0.324 e. The van der Waals surface area contributed by atoms with E-state index in [0.29, 0.717) is 26.2 Å². The summed E-state index contributed by atoms with van der Waals surface area (Å²) in [5.74, 6) is -0.180. The molecule has 0 saturated heterocycles. The lowest BCUT2D eigenvalue weighted by Gasteiger charge is -2.34. The molecule has 0 radical (unpaired) electrons. The van der Waals surface area contributed by atoms with E-state index < -0.39 is 6.04 Å². The summed E-state index contributed by atoms with van der Waals surface area (Å²) in [7, 11) is 0. The minimum Gasteiger partial charge on any atom is -0.465 e. The van der Waals surface area contributed by atoms with E-state index in [9.17, 15) is 4.79 Å². The molecular weight excluding hydrogens is 456 g/mol. The normalized spacial score (nSPS) is 12.0. The Morgan fingerprint density at radius 1 is 0.595 bits per heavy atom. The fraction of sp³-hybridized carbons (Fsp3) is 0.242. The lowest BCUT2D eigenvalue weighted by molar-refractivity contribution is -0.151. The zero-order chi connectivity index (χ0) is 25.7. The summed E-state index contributed by atoms with van der Waals surface area (Å²) in [4.78, 5) is 18.1. The SMILES string of the molecule is CCOC(=O)C(CN(Cc1ccccc1)Cc1ccccc1)N(Cc1ccccc1)Cc1ccccc1. The molecule has 0 N–H and O–H groups in total. The van der Waals surface area contributed by atoms with Gasteiger partial charge in [0.05, 0.1) is 6.61 Å². The molecule has 0 amide bonds. The Hall–Kier alpha value is -3.73. The average molecular weight is 493 g/mol. The number of hydrogen-bond acceptors (Lipinski definition) is 4. The molecule has 1 atom stereocenters. The molecule has 4 heteroatoms. The van der Waals surface area contributed by atoms with Gasteiger partial charge in [-0.25, -0.2) is 0 Å². The van der Waals surface area contributed by atoms with Crippen LogP contribution >= 0.6 is 0 Å². The van der Waals surface area contributed by atoms with Crippen molar-refractivity contribution in [3.8, 4) is 0 Å². The quantitative estimate of drug-likeness (QED) is 0.204. The summed E-state index contributed by atoms with van der Waals surface area (Å²) in [5, 5.41) is 0. The van der Waals surface area contributed by atoms with Crippen LogP contribution in [-0.4, -0.2) is 35.0 Å². The van der Waals surface area contributed by atoms with Gasteiger partial charge in [-0.2, -0.15) is 0 Å². The first-order valence-corrected chi connectivity index (χ1v) is 13.0. The fourth-order valence-corrected chi connectivity index (χ4v) is 4.60. The van der Waals surface area contributed by atoms with Gasteiger partial charge in [-0.1, -0.05) is 121 Å². The molecule has 0 fully saturated rings. The molecule has 0 bridgehead atoms. The van der Waals surface area contributed by atoms with Gasteiger partial charge in [0.2, 0.25) is 0 Å². The summed E-state index contributed by atoms with van der Waals surface area (Å²) in [6.45, 7) is 5.60. The fourth-order valence-electron chi connectivity index (χ4n) is 4.60. The van der Waals surface area contributed by atoms with Crippen molar-refractivity contribution in [3.63, 3.8) is 0 Å². The van der Waals surface area contributed by atoms with Crippen molar-refractivity contribution in [2.45, 2.75) is 39.1 Å². The van der Waals surface area contributed by atoms with E-state index in [-0.39, 0.29) is 5.97 Å². The molecule has 4 rings (SSSR count). The first-order chi connectivity index (χ1) is 18.2. The summed E-state index contributed by atoms with van der Waals surface area (Å²) in [6.07, 6.45) is 0. The minimum absolute atomic E-state index is 0.180. The molecule has 0 heterocycles. The molecule has 0 saturated carbocycles. The topological polar surface area (TPSA) is 32.8 Å². The van der Waals surface area contributed by atoms with Gasteiger partial charge in [0, 0.05) is 32.7 Å². The van der Waals surface area contributed by atoms with Crippen molar-refractivity contribution in [1.82, 2.24) is 9.80 Å².